The fraction of sp³-hybridized carbons (Fsp3) is 0.800. The van der Waals surface area contributed by atoms with Gasteiger partial charge in [0.2, 0.25) is 0 Å². The smallest absolute Gasteiger partial charge is 0.272 e. The van der Waals surface area contributed by atoms with Gasteiger partial charge in [-0.05, 0) is 25.7 Å². The van der Waals surface area contributed by atoms with Crippen LogP contribution in [0.2, 0.25) is 0 Å². The average Bonchev–Trinajstić information content (AvgIpc) is 2.12. The van der Waals surface area contributed by atoms with Crippen molar-refractivity contribution in [1.82, 2.24) is 0 Å². The van der Waals surface area contributed by atoms with E-state index in [1.807, 2.05) is 6.92 Å². The molecule has 0 saturated heterocycles. The Labute approximate surface area is 113 Å². The molecular formula is C10H19O7P2-3. The molecule has 0 N–H and O–H groups in total. The highest BCUT2D eigenvalue weighted by Gasteiger charge is 2.10. The predicted molar refractivity (Wildman–Crippen MR) is 64.7 cm³/mol. The van der Waals surface area contributed by atoms with E-state index in [0.29, 0.717) is 5.92 Å². The fourth-order valence-electron chi connectivity index (χ4n) is 1.31. The summed E-state index contributed by atoms with van der Waals surface area (Å²) in [7, 11) is -10.7. The average molecular weight is 313 g/mol. The van der Waals surface area contributed by atoms with E-state index in [2.05, 4.69) is 22.7 Å². The van der Waals surface area contributed by atoms with Crippen molar-refractivity contribution in [2.75, 3.05) is 6.61 Å². The van der Waals surface area contributed by atoms with Gasteiger partial charge in [-0.1, -0.05) is 31.9 Å². The van der Waals surface area contributed by atoms with Gasteiger partial charge in [-0.25, -0.2) is 0 Å². The molecule has 0 aliphatic heterocycles. The molecule has 1 unspecified atom stereocenters. The molecule has 0 heterocycles. The zero-order valence-electron chi connectivity index (χ0n) is 11.2. The van der Waals surface area contributed by atoms with Crippen LogP contribution in [0.25, 0.3) is 0 Å². The van der Waals surface area contributed by atoms with Gasteiger partial charge in [0.25, 0.3) is 7.82 Å². The van der Waals surface area contributed by atoms with Crippen LogP contribution in [0.3, 0.4) is 0 Å². The van der Waals surface area contributed by atoms with Gasteiger partial charge in [0.1, 0.15) is 0 Å². The van der Waals surface area contributed by atoms with Crippen molar-refractivity contribution >= 4 is 15.6 Å². The van der Waals surface area contributed by atoms with Crippen molar-refractivity contribution in [2.45, 2.75) is 40.0 Å². The zero-order valence-corrected chi connectivity index (χ0v) is 13.0. The SMILES string of the molecule is C/C(=C\COP(=O)([O-])OP(=O)([O-])[O-])CCCC(C)C. The second-order valence-electron chi connectivity index (χ2n) is 4.61. The third-order valence-electron chi connectivity index (χ3n) is 2.22. The van der Waals surface area contributed by atoms with Crippen LogP contribution >= 0.6 is 15.6 Å². The van der Waals surface area contributed by atoms with E-state index in [9.17, 15) is 23.8 Å². The van der Waals surface area contributed by atoms with Gasteiger partial charge in [0, 0.05) is 0 Å². The van der Waals surface area contributed by atoms with E-state index < -0.39 is 15.6 Å². The number of phosphoric acid groups is 2. The Morgan fingerprint density at radius 2 is 1.84 bits per heavy atom. The van der Waals surface area contributed by atoms with E-state index in [4.69, 9.17) is 0 Å². The molecule has 7 nitrogen and oxygen atoms in total. The Morgan fingerprint density at radius 3 is 2.32 bits per heavy atom. The van der Waals surface area contributed by atoms with Crippen LogP contribution in [0.15, 0.2) is 11.6 Å². The van der Waals surface area contributed by atoms with Gasteiger partial charge >= 0.3 is 0 Å². The number of hydrogen-bond donors (Lipinski definition) is 0. The van der Waals surface area contributed by atoms with Gasteiger partial charge in [-0.15, -0.1) is 0 Å². The summed E-state index contributed by atoms with van der Waals surface area (Å²) in [5.41, 5.74) is 0.924. The van der Waals surface area contributed by atoms with E-state index in [0.717, 1.165) is 24.8 Å². The van der Waals surface area contributed by atoms with Crippen molar-refractivity contribution < 1.29 is 32.6 Å². The van der Waals surface area contributed by atoms with E-state index >= 15 is 0 Å². The quantitative estimate of drug-likeness (QED) is 0.461. The van der Waals surface area contributed by atoms with E-state index in [-0.39, 0.29) is 6.61 Å². The van der Waals surface area contributed by atoms with Crippen LogP contribution in [0.4, 0.5) is 0 Å². The summed E-state index contributed by atoms with van der Waals surface area (Å²) in [4.78, 5) is 31.2. The zero-order chi connectivity index (χ0) is 15.1. The molecule has 114 valence electrons. The largest absolute Gasteiger partial charge is 0.790 e. The van der Waals surface area contributed by atoms with Crippen molar-refractivity contribution in [1.29, 1.82) is 0 Å². The maximum atomic E-state index is 10.9. The fourth-order valence-corrected chi connectivity index (χ4v) is 2.73. The molecule has 0 aromatic carbocycles. The first-order valence-electron chi connectivity index (χ1n) is 5.86. The van der Waals surface area contributed by atoms with Gasteiger partial charge < -0.3 is 23.8 Å². The number of hydrogen-bond acceptors (Lipinski definition) is 7. The summed E-state index contributed by atoms with van der Waals surface area (Å²) in [6, 6.07) is 0. The molecule has 0 aromatic heterocycles. The first kappa shape index (κ1) is 19.0. The number of phosphoric ester groups is 1. The highest BCUT2D eigenvalue weighted by atomic mass is 31.3. The van der Waals surface area contributed by atoms with Gasteiger partial charge in [0.05, 0.1) is 14.4 Å². The third-order valence-corrected chi connectivity index (χ3v) is 4.28. The molecule has 0 fully saturated rings. The Hall–Kier alpha value is -0.0000000000000000416. The molecule has 0 aromatic rings. The normalized spacial score (nSPS) is 16.7. The Kier molecular flexibility index (Phi) is 8.32. The summed E-state index contributed by atoms with van der Waals surface area (Å²) >= 11 is 0. The maximum Gasteiger partial charge on any atom is 0.272 e. The highest BCUT2D eigenvalue weighted by molar-refractivity contribution is 7.58. The molecular weight excluding hydrogens is 294 g/mol. The maximum absolute atomic E-state index is 10.9. The van der Waals surface area contributed by atoms with Crippen molar-refractivity contribution in [3.05, 3.63) is 11.6 Å². The van der Waals surface area contributed by atoms with Crippen LogP contribution in [-0.4, -0.2) is 6.61 Å². The van der Waals surface area contributed by atoms with Crippen LogP contribution in [-0.2, 0) is 18.0 Å². The topological polar surface area (TPSA) is 122 Å². The second kappa shape index (κ2) is 8.32. The first-order valence-corrected chi connectivity index (χ1v) is 8.78. The Bertz CT molecular complexity index is 385. The van der Waals surface area contributed by atoms with E-state index in [1.54, 1.807) is 0 Å². The summed E-state index contributed by atoms with van der Waals surface area (Å²) in [6.07, 6.45) is 4.34. The Morgan fingerprint density at radius 1 is 1.26 bits per heavy atom. The molecule has 9 heteroatoms. The molecule has 0 aliphatic rings. The van der Waals surface area contributed by atoms with E-state index in [1.165, 1.54) is 6.08 Å². The molecule has 0 radical (unpaired) electrons. The Balaban J connectivity index is 4.06. The molecule has 19 heavy (non-hydrogen) atoms. The summed E-state index contributed by atoms with van der Waals surface area (Å²) in [6.45, 7) is 5.68. The predicted octanol–water partition coefficient (Wildman–Crippen LogP) is 1.09. The molecule has 1 atom stereocenters. The molecule has 0 aliphatic carbocycles. The minimum Gasteiger partial charge on any atom is -0.790 e. The van der Waals surface area contributed by atoms with Crippen LogP contribution in [0.1, 0.15) is 40.0 Å². The van der Waals surface area contributed by atoms with Gasteiger partial charge in [-0.2, -0.15) is 0 Å². The monoisotopic (exact) mass is 313 g/mol. The minimum atomic E-state index is -5.60. The standard InChI is InChI=1S/C10H22O7P2/c1-9(2)5-4-6-10(3)7-8-16-19(14,15)17-18(11,12)13/h7,9H,4-6,8H2,1-3H3,(H,14,15)(H2,11,12,13)/p-3/b10-7+. The molecule has 0 saturated carbocycles. The third kappa shape index (κ3) is 12.8. The molecule has 0 spiro atoms. The lowest BCUT2D eigenvalue weighted by Crippen LogP contribution is -2.19. The molecule has 0 rings (SSSR count). The molecule has 0 amide bonds. The number of rotatable bonds is 9. The second-order valence-corrected chi connectivity index (χ2v) is 7.31. The minimum absolute atomic E-state index is 0.353. The van der Waals surface area contributed by atoms with Crippen molar-refractivity contribution in [3.8, 4) is 0 Å². The van der Waals surface area contributed by atoms with Crippen LogP contribution in [0.5, 0.6) is 0 Å². The first-order chi connectivity index (χ1) is 8.52. The summed E-state index contributed by atoms with van der Waals surface area (Å²) in [5.74, 6) is 0.600. The lowest BCUT2D eigenvalue weighted by molar-refractivity contribution is -0.339. The van der Waals surface area contributed by atoms with Gasteiger partial charge in [-0.3, -0.25) is 8.88 Å². The highest BCUT2D eigenvalue weighted by Crippen LogP contribution is 2.50. The lowest BCUT2D eigenvalue weighted by atomic mass is 10.0. The number of allylic oxidation sites excluding steroid dienone is 1. The summed E-state index contributed by atoms with van der Waals surface area (Å²) < 4.78 is 28.6. The summed E-state index contributed by atoms with van der Waals surface area (Å²) in [5, 5.41) is 0. The van der Waals surface area contributed by atoms with Gasteiger partial charge in [0.15, 0.2) is 0 Å². The van der Waals surface area contributed by atoms with Crippen LogP contribution < -0.4 is 14.7 Å². The van der Waals surface area contributed by atoms with Crippen molar-refractivity contribution in [3.63, 3.8) is 0 Å². The molecule has 0 bridgehead atoms. The lowest BCUT2D eigenvalue weighted by Gasteiger charge is -2.34. The van der Waals surface area contributed by atoms with Crippen LogP contribution in [0, 0.1) is 5.92 Å². The van der Waals surface area contributed by atoms with Crippen molar-refractivity contribution in [2.24, 2.45) is 5.92 Å².